The van der Waals surface area contributed by atoms with Crippen molar-refractivity contribution in [3.05, 3.63) is 59.9 Å². The molecule has 1 saturated carbocycles. The summed E-state index contributed by atoms with van der Waals surface area (Å²) in [5, 5.41) is 3.05. The van der Waals surface area contributed by atoms with Crippen LogP contribution in [0.5, 0.6) is 5.75 Å². The number of amides is 1. The number of imidazole rings is 1. The van der Waals surface area contributed by atoms with Crippen LogP contribution in [0, 0.1) is 12.8 Å². The van der Waals surface area contributed by atoms with Crippen LogP contribution in [-0.4, -0.2) is 28.6 Å². The van der Waals surface area contributed by atoms with Gasteiger partial charge in [-0.05, 0) is 56.9 Å². The van der Waals surface area contributed by atoms with Crippen LogP contribution in [0.25, 0.3) is 11.0 Å². The monoisotopic (exact) mass is 391 g/mol. The Morgan fingerprint density at radius 1 is 1.14 bits per heavy atom. The number of rotatable bonds is 10. The van der Waals surface area contributed by atoms with Crippen LogP contribution in [0.4, 0.5) is 0 Å². The van der Waals surface area contributed by atoms with E-state index in [9.17, 15) is 4.79 Å². The zero-order valence-corrected chi connectivity index (χ0v) is 17.1. The molecule has 1 heterocycles. The Labute approximate surface area is 172 Å². The summed E-state index contributed by atoms with van der Waals surface area (Å²) in [6.45, 7) is 4.34. The number of aryl methyl sites for hydroxylation is 3. The summed E-state index contributed by atoms with van der Waals surface area (Å²) in [4.78, 5) is 16.6. The van der Waals surface area contributed by atoms with E-state index in [2.05, 4.69) is 47.1 Å². The number of hydrogen-bond acceptors (Lipinski definition) is 3. The minimum absolute atomic E-state index is 0.215. The van der Waals surface area contributed by atoms with Crippen molar-refractivity contribution in [3.63, 3.8) is 0 Å². The summed E-state index contributed by atoms with van der Waals surface area (Å²) < 4.78 is 8.19. The number of benzene rings is 2. The van der Waals surface area contributed by atoms with Crippen molar-refractivity contribution in [2.24, 2.45) is 5.92 Å². The lowest BCUT2D eigenvalue weighted by Gasteiger charge is -2.11. The van der Waals surface area contributed by atoms with Crippen molar-refractivity contribution < 1.29 is 9.53 Å². The molecular weight excluding hydrogens is 362 g/mol. The third-order valence-electron chi connectivity index (χ3n) is 5.37. The van der Waals surface area contributed by atoms with Crippen molar-refractivity contribution in [3.8, 4) is 5.75 Å². The van der Waals surface area contributed by atoms with Gasteiger partial charge in [0.2, 0.25) is 5.91 Å². The largest absolute Gasteiger partial charge is 0.494 e. The number of ether oxygens (including phenoxy) is 1. The van der Waals surface area contributed by atoms with Gasteiger partial charge in [0.05, 0.1) is 17.6 Å². The van der Waals surface area contributed by atoms with Crippen molar-refractivity contribution in [2.45, 2.75) is 45.6 Å². The van der Waals surface area contributed by atoms with E-state index in [0.717, 1.165) is 62.3 Å². The normalized spacial score (nSPS) is 13.6. The molecule has 0 atom stereocenters. The highest BCUT2D eigenvalue weighted by Crippen LogP contribution is 2.28. The molecule has 0 spiro atoms. The number of carbonyl (C=O) groups excluding carboxylic acids is 1. The van der Waals surface area contributed by atoms with E-state index in [1.54, 1.807) is 0 Å². The summed E-state index contributed by atoms with van der Waals surface area (Å²) in [6, 6.07) is 16.4. The van der Waals surface area contributed by atoms with E-state index in [1.165, 1.54) is 11.1 Å². The van der Waals surface area contributed by atoms with Crippen molar-refractivity contribution in [1.82, 2.24) is 14.9 Å². The quantitative estimate of drug-likeness (QED) is 0.525. The Hall–Kier alpha value is -2.82. The number of aromatic nitrogens is 2. The van der Waals surface area contributed by atoms with E-state index in [1.807, 2.05) is 18.2 Å². The second kappa shape index (κ2) is 9.12. The lowest BCUT2D eigenvalue weighted by atomic mass is 10.2. The van der Waals surface area contributed by atoms with Crippen LogP contribution in [0.3, 0.4) is 0 Å². The Morgan fingerprint density at radius 2 is 1.93 bits per heavy atom. The van der Waals surface area contributed by atoms with Crippen molar-refractivity contribution >= 4 is 16.9 Å². The van der Waals surface area contributed by atoms with E-state index >= 15 is 0 Å². The molecule has 0 bridgehead atoms. The van der Waals surface area contributed by atoms with E-state index < -0.39 is 0 Å². The highest BCUT2D eigenvalue weighted by molar-refractivity contribution is 5.80. The van der Waals surface area contributed by atoms with Crippen LogP contribution in [0.2, 0.25) is 0 Å². The minimum Gasteiger partial charge on any atom is -0.494 e. The second-order valence-corrected chi connectivity index (χ2v) is 7.85. The Balaban J connectivity index is 1.32. The Morgan fingerprint density at radius 3 is 2.72 bits per heavy atom. The number of hydrogen-bond donors (Lipinski definition) is 1. The van der Waals surface area contributed by atoms with Gasteiger partial charge in [-0.2, -0.15) is 0 Å². The molecule has 5 heteroatoms. The second-order valence-electron chi connectivity index (χ2n) is 7.85. The summed E-state index contributed by atoms with van der Waals surface area (Å²) in [5.74, 6) is 2.49. The van der Waals surface area contributed by atoms with Gasteiger partial charge in [-0.15, -0.1) is 0 Å². The maximum atomic E-state index is 11.8. The predicted octanol–water partition coefficient (Wildman–Crippen LogP) is 4.27. The Bertz CT molecular complexity index is 958. The van der Waals surface area contributed by atoms with Crippen LogP contribution in [0.1, 0.15) is 37.1 Å². The van der Waals surface area contributed by atoms with Gasteiger partial charge >= 0.3 is 0 Å². The summed E-state index contributed by atoms with van der Waals surface area (Å²) in [6.07, 6.45) is 4.78. The number of carbonyl (C=O) groups is 1. The van der Waals surface area contributed by atoms with Gasteiger partial charge in [-0.25, -0.2) is 4.98 Å². The molecule has 152 valence electrons. The van der Waals surface area contributed by atoms with Crippen LogP contribution < -0.4 is 10.1 Å². The van der Waals surface area contributed by atoms with Gasteiger partial charge in [-0.3, -0.25) is 4.79 Å². The first-order chi connectivity index (χ1) is 14.2. The molecule has 0 unspecified atom stereocenters. The first-order valence-electron chi connectivity index (χ1n) is 10.6. The van der Waals surface area contributed by atoms with Crippen molar-refractivity contribution in [2.75, 3.05) is 13.2 Å². The van der Waals surface area contributed by atoms with Gasteiger partial charge in [0.15, 0.2) is 0 Å². The SMILES string of the molecule is Cc1ccc(OCCCn2c(CCCNC(=O)C3CC3)nc3ccccc32)cc1. The molecule has 2 aromatic carbocycles. The third-order valence-corrected chi connectivity index (χ3v) is 5.37. The molecule has 3 aromatic rings. The van der Waals surface area contributed by atoms with Gasteiger partial charge in [0.25, 0.3) is 0 Å². The molecule has 29 heavy (non-hydrogen) atoms. The molecule has 0 aliphatic heterocycles. The molecular formula is C24H29N3O2. The fourth-order valence-corrected chi connectivity index (χ4v) is 3.56. The first-order valence-corrected chi connectivity index (χ1v) is 10.6. The van der Waals surface area contributed by atoms with E-state index in [4.69, 9.17) is 9.72 Å². The van der Waals surface area contributed by atoms with Crippen LogP contribution in [0.15, 0.2) is 48.5 Å². The highest BCUT2D eigenvalue weighted by Gasteiger charge is 2.29. The molecule has 1 amide bonds. The lowest BCUT2D eigenvalue weighted by Crippen LogP contribution is -2.26. The number of para-hydroxylation sites is 2. The third kappa shape index (κ3) is 5.17. The van der Waals surface area contributed by atoms with Gasteiger partial charge < -0.3 is 14.6 Å². The Kier molecular flexibility index (Phi) is 6.13. The fraction of sp³-hybridized carbons (Fsp3) is 0.417. The maximum Gasteiger partial charge on any atom is 0.223 e. The lowest BCUT2D eigenvalue weighted by molar-refractivity contribution is -0.122. The standard InChI is InChI=1S/C24H29N3O2/c1-18-9-13-20(14-10-18)29-17-5-16-27-22-7-3-2-6-21(22)26-23(27)8-4-15-25-24(28)19-11-12-19/h2-3,6-7,9-10,13-14,19H,4-5,8,11-12,15-17H2,1H3,(H,25,28). The van der Waals surface area contributed by atoms with E-state index in [-0.39, 0.29) is 11.8 Å². The molecule has 5 nitrogen and oxygen atoms in total. The molecule has 1 aliphatic rings. The highest BCUT2D eigenvalue weighted by atomic mass is 16.5. The maximum absolute atomic E-state index is 11.8. The molecule has 4 rings (SSSR count). The van der Waals surface area contributed by atoms with Gasteiger partial charge in [0.1, 0.15) is 11.6 Å². The summed E-state index contributed by atoms with van der Waals surface area (Å²) in [7, 11) is 0. The molecule has 0 saturated heterocycles. The van der Waals surface area contributed by atoms with Gasteiger partial charge in [0, 0.05) is 25.4 Å². The topological polar surface area (TPSA) is 56.1 Å². The number of nitrogens with zero attached hydrogens (tertiary/aromatic N) is 2. The van der Waals surface area contributed by atoms with Gasteiger partial charge in [-0.1, -0.05) is 29.8 Å². The average Bonchev–Trinajstić information content (AvgIpc) is 3.53. The molecule has 0 radical (unpaired) electrons. The zero-order valence-electron chi connectivity index (χ0n) is 17.1. The smallest absolute Gasteiger partial charge is 0.223 e. The van der Waals surface area contributed by atoms with E-state index in [0.29, 0.717) is 6.61 Å². The molecule has 1 aliphatic carbocycles. The van der Waals surface area contributed by atoms with Crippen LogP contribution in [-0.2, 0) is 17.8 Å². The first kappa shape index (κ1) is 19.5. The molecule has 1 fully saturated rings. The molecule has 1 N–H and O–H groups in total. The van der Waals surface area contributed by atoms with Crippen molar-refractivity contribution in [1.29, 1.82) is 0 Å². The number of nitrogens with one attached hydrogen (secondary N) is 1. The number of fused-ring (bicyclic) bond motifs is 1. The summed E-state index contributed by atoms with van der Waals surface area (Å²) >= 11 is 0. The molecule has 1 aromatic heterocycles. The summed E-state index contributed by atoms with van der Waals surface area (Å²) in [5.41, 5.74) is 3.43. The minimum atomic E-state index is 0.215. The fourth-order valence-electron chi connectivity index (χ4n) is 3.56. The predicted molar refractivity (Wildman–Crippen MR) is 115 cm³/mol. The zero-order chi connectivity index (χ0) is 20.1. The van der Waals surface area contributed by atoms with Crippen LogP contribution >= 0.6 is 0 Å². The average molecular weight is 392 g/mol.